The van der Waals surface area contributed by atoms with Gasteiger partial charge in [0.25, 0.3) is 5.91 Å². The summed E-state index contributed by atoms with van der Waals surface area (Å²) in [4.78, 5) is 20.2. The van der Waals surface area contributed by atoms with E-state index in [9.17, 15) is 4.79 Å². The maximum absolute atomic E-state index is 13.2. The first-order valence-corrected chi connectivity index (χ1v) is 11.3. The number of ether oxygens (including phenoxy) is 1. The Hall–Kier alpha value is -2.18. The molecule has 6 heteroatoms. The molecule has 2 heterocycles. The Morgan fingerprint density at radius 3 is 2.55 bits per heavy atom. The first kappa shape index (κ1) is 20.1. The van der Waals surface area contributed by atoms with E-state index in [4.69, 9.17) is 4.74 Å². The summed E-state index contributed by atoms with van der Waals surface area (Å²) in [5, 5.41) is 0.536. The van der Waals surface area contributed by atoms with E-state index in [1.165, 1.54) is 15.5 Å². The van der Waals surface area contributed by atoms with Crippen LogP contribution >= 0.6 is 11.8 Å². The van der Waals surface area contributed by atoms with Crippen LogP contribution in [0, 0.1) is 0 Å². The van der Waals surface area contributed by atoms with Crippen LogP contribution in [0.15, 0.2) is 53.4 Å². The fourth-order valence-corrected chi connectivity index (χ4v) is 5.22. The zero-order chi connectivity index (χ0) is 20.2. The smallest absolute Gasteiger partial charge is 0.282 e. The number of fused-ring (bicyclic) bond motifs is 1. The Bertz CT molecular complexity index is 834. The molecule has 1 N–H and O–H groups in total. The Kier molecular flexibility index (Phi) is 6.31. The molecule has 0 unspecified atom stereocenters. The molecule has 0 radical (unpaired) electrons. The van der Waals surface area contributed by atoms with Crippen molar-refractivity contribution in [2.24, 2.45) is 0 Å². The minimum absolute atomic E-state index is 0.250. The summed E-state index contributed by atoms with van der Waals surface area (Å²) in [5.41, 5.74) is 2.31. The van der Waals surface area contributed by atoms with Crippen molar-refractivity contribution in [1.82, 2.24) is 0 Å². The molecule has 1 saturated heterocycles. The van der Waals surface area contributed by atoms with Crippen molar-refractivity contribution in [3.63, 3.8) is 0 Å². The Morgan fingerprint density at radius 2 is 1.83 bits per heavy atom. The van der Waals surface area contributed by atoms with E-state index in [-0.39, 0.29) is 5.91 Å². The van der Waals surface area contributed by atoms with Crippen LogP contribution in [0.4, 0.5) is 11.4 Å². The molecule has 0 saturated carbocycles. The van der Waals surface area contributed by atoms with Crippen molar-refractivity contribution in [3.8, 4) is 5.75 Å². The largest absolute Gasteiger partial charge is 0.497 e. The van der Waals surface area contributed by atoms with Gasteiger partial charge in [0.2, 0.25) is 0 Å². The quantitative estimate of drug-likeness (QED) is 0.836. The third-order valence-corrected chi connectivity index (χ3v) is 7.09. The number of rotatable bonds is 4. The number of carbonyl (C=O) groups excluding carboxylic acids is 1. The van der Waals surface area contributed by atoms with Gasteiger partial charge in [0.1, 0.15) is 5.75 Å². The van der Waals surface area contributed by atoms with Crippen LogP contribution in [0.3, 0.4) is 0 Å². The van der Waals surface area contributed by atoms with Crippen molar-refractivity contribution < 1.29 is 14.4 Å². The van der Waals surface area contributed by atoms with Gasteiger partial charge in [-0.2, -0.15) is 0 Å². The Labute approximate surface area is 177 Å². The lowest BCUT2D eigenvalue weighted by atomic mass is 10.2. The molecule has 0 aliphatic carbocycles. The summed E-state index contributed by atoms with van der Waals surface area (Å²) in [6.07, 6.45) is 1.03. The number of thioether (sulfide) groups is 1. The van der Waals surface area contributed by atoms with Crippen LogP contribution in [0.2, 0.25) is 0 Å². The second kappa shape index (κ2) is 9.09. The summed E-state index contributed by atoms with van der Waals surface area (Å²) in [6, 6.07) is 16.6. The van der Waals surface area contributed by atoms with Crippen molar-refractivity contribution in [3.05, 3.63) is 48.5 Å². The van der Waals surface area contributed by atoms with Crippen LogP contribution in [-0.2, 0) is 4.79 Å². The number of nitrogens with one attached hydrogen (secondary N) is 1. The number of piperazine rings is 1. The highest BCUT2D eigenvalue weighted by Gasteiger charge is 2.28. The fourth-order valence-electron chi connectivity index (χ4n) is 4.11. The minimum Gasteiger partial charge on any atom is -0.497 e. The molecule has 1 amide bonds. The molecule has 2 aliphatic rings. The summed E-state index contributed by atoms with van der Waals surface area (Å²) in [6.45, 7) is 7.55. The SMILES string of the molecule is COc1ccc(N2CC[NH+](CC(=O)N3CC[C@@H](C)Sc4ccccc43)CC2)cc1. The van der Waals surface area contributed by atoms with Crippen LogP contribution in [0.1, 0.15) is 13.3 Å². The number of nitrogens with zero attached hydrogens (tertiary/aromatic N) is 2. The summed E-state index contributed by atoms with van der Waals surface area (Å²) in [7, 11) is 1.69. The number of anilines is 2. The number of quaternary nitrogens is 1. The highest BCUT2D eigenvalue weighted by Crippen LogP contribution is 2.37. The average Bonchev–Trinajstić information content (AvgIpc) is 2.92. The normalized spacial score (nSPS) is 20.1. The van der Waals surface area contributed by atoms with Gasteiger partial charge < -0.3 is 19.4 Å². The molecule has 154 valence electrons. The second-order valence-corrected chi connectivity index (χ2v) is 9.32. The van der Waals surface area contributed by atoms with Crippen molar-refractivity contribution in [1.29, 1.82) is 0 Å². The third-order valence-electron chi connectivity index (χ3n) is 5.85. The number of hydrogen-bond acceptors (Lipinski definition) is 4. The number of benzene rings is 2. The van der Waals surface area contributed by atoms with E-state index >= 15 is 0 Å². The first-order chi connectivity index (χ1) is 14.1. The maximum Gasteiger partial charge on any atom is 0.282 e. The molecular weight excluding hydrogens is 382 g/mol. The molecule has 5 nitrogen and oxygen atoms in total. The van der Waals surface area contributed by atoms with E-state index in [2.05, 4.69) is 42.2 Å². The van der Waals surface area contributed by atoms with Gasteiger partial charge in [0.15, 0.2) is 6.54 Å². The number of amides is 1. The lowest BCUT2D eigenvalue weighted by molar-refractivity contribution is -0.892. The first-order valence-electron chi connectivity index (χ1n) is 10.4. The van der Waals surface area contributed by atoms with Crippen LogP contribution in [0.25, 0.3) is 0 Å². The molecule has 29 heavy (non-hydrogen) atoms. The van der Waals surface area contributed by atoms with E-state index in [0.29, 0.717) is 11.8 Å². The molecule has 1 fully saturated rings. The molecule has 0 spiro atoms. The molecule has 1 atom stereocenters. The highest BCUT2D eigenvalue weighted by atomic mass is 32.2. The fraction of sp³-hybridized carbons (Fsp3) is 0.435. The minimum atomic E-state index is 0.250. The van der Waals surface area contributed by atoms with Gasteiger partial charge in [-0.25, -0.2) is 0 Å². The highest BCUT2D eigenvalue weighted by molar-refractivity contribution is 8.00. The molecule has 0 aromatic heterocycles. The predicted octanol–water partition coefficient (Wildman–Crippen LogP) is 2.32. The zero-order valence-corrected chi connectivity index (χ0v) is 18.1. The molecule has 0 bridgehead atoms. The molecule has 4 rings (SSSR count). The summed E-state index contributed by atoms with van der Waals surface area (Å²) >= 11 is 1.88. The molecule has 2 aliphatic heterocycles. The van der Waals surface area contributed by atoms with Crippen LogP contribution in [0.5, 0.6) is 5.75 Å². The van der Waals surface area contributed by atoms with Gasteiger partial charge in [-0.3, -0.25) is 4.79 Å². The average molecular weight is 413 g/mol. The molecule has 2 aromatic rings. The van der Waals surface area contributed by atoms with E-state index in [1.54, 1.807) is 7.11 Å². The van der Waals surface area contributed by atoms with E-state index < -0.39 is 0 Å². The monoisotopic (exact) mass is 412 g/mol. The van der Waals surface area contributed by atoms with Crippen LogP contribution < -0.4 is 19.4 Å². The molecular formula is C23H30N3O2S+. The number of hydrogen-bond donors (Lipinski definition) is 1. The lowest BCUT2D eigenvalue weighted by Gasteiger charge is -2.34. The Morgan fingerprint density at radius 1 is 1.10 bits per heavy atom. The van der Waals surface area contributed by atoms with Crippen molar-refractivity contribution in [2.75, 3.05) is 56.2 Å². The third kappa shape index (κ3) is 4.70. The number of methoxy groups -OCH3 is 1. The Balaban J connectivity index is 1.36. The van der Waals surface area contributed by atoms with Gasteiger partial charge >= 0.3 is 0 Å². The van der Waals surface area contributed by atoms with Crippen molar-refractivity contribution in [2.45, 2.75) is 23.5 Å². The van der Waals surface area contributed by atoms with Gasteiger partial charge in [-0.1, -0.05) is 19.1 Å². The van der Waals surface area contributed by atoms with Gasteiger partial charge in [0, 0.05) is 22.4 Å². The summed E-state index contributed by atoms with van der Waals surface area (Å²) < 4.78 is 5.25. The number of para-hydroxylation sites is 1. The predicted molar refractivity (Wildman–Crippen MR) is 120 cm³/mol. The van der Waals surface area contributed by atoms with Gasteiger partial charge in [0.05, 0.1) is 39.0 Å². The summed E-state index contributed by atoms with van der Waals surface area (Å²) in [5.74, 6) is 1.13. The molecule has 2 aromatic carbocycles. The standard InChI is InChI=1S/C23H29N3O2S/c1-18-11-12-26(21-5-3-4-6-22(21)29-18)23(27)17-24-13-15-25(16-14-24)19-7-9-20(28-2)10-8-19/h3-10,18H,11-17H2,1-2H3/p+1/t18-/m1/s1. The lowest BCUT2D eigenvalue weighted by Crippen LogP contribution is -3.16. The number of carbonyl (C=O) groups is 1. The maximum atomic E-state index is 13.2. The van der Waals surface area contributed by atoms with Crippen LogP contribution in [-0.4, -0.2) is 57.5 Å². The van der Waals surface area contributed by atoms with Gasteiger partial charge in [-0.15, -0.1) is 11.8 Å². The van der Waals surface area contributed by atoms with E-state index in [1.807, 2.05) is 34.9 Å². The second-order valence-electron chi connectivity index (χ2n) is 7.84. The zero-order valence-electron chi connectivity index (χ0n) is 17.3. The topological polar surface area (TPSA) is 37.2 Å². The van der Waals surface area contributed by atoms with E-state index in [0.717, 1.165) is 50.6 Å². The van der Waals surface area contributed by atoms with Crippen molar-refractivity contribution >= 4 is 29.0 Å². The van der Waals surface area contributed by atoms with Gasteiger partial charge in [-0.05, 0) is 42.8 Å².